The predicted octanol–water partition coefficient (Wildman–Crippen LogP) is 0.710. The van der Waals surface area contributed by atoms with Crippen LogP contribution < -0.4 is 37.6 Å². The van der Waals surface area contributed by atoms with E-state index in [2.05, 4.69) is 21.3 Å². The first-order chi connectivity index (χ1) is 38.1. The Bertz CT molecular complexity index is 2130. The summed E-state index contributed by atoms with van der Waals surface area (Å²) in [6.45, 7) is 10.9. The molecule has 0 bridgehead atoms. The van der Waals surface area contributed by atoms with Crippen molar-refractivity contribution >= 4 is 65.1 Å². The molecule has 1 heterocycles. The Morgan fingerprint density at radius 1 is 0.481 bits per heavy atom. The second kappa shape index (κ2) is 39.9. The molecule has 0 aromatic heterocycles. The minimum absolute atomic E-state index is 0.0846. The number of hydrogen-bond acceptors (Lipinski definition) is 16. The Kier molecular flexibility index (Phi) is 33.8. The third-order valence-electron chi connectivity index (χ3n) is 11.8. The van der Waals surface area contributed by atoms with Gasteiger partial charge < -0.3 is 80.4 Å². The van der Waals surface area contributed by atoms with E-state index in [0.717, 1.165) is 21.6 Å². The minimum atomic E-state index is -0.733. The smallest absolute Gasteiger partial charge is 0.240 e. The molecule has 79 heavy (non-hydrogen) atoms. The quantitative estimate of drug-likeness (QED) is 0.0498. The van der Waals surface area contributed by atoms with Crippen molar-refractivity contribution in [3.05, 3.63) is 65.2 Å². The molecule has 440 valence electrons. The van der Waals surface area contributed by atoms with Crippen LogP contribution in [-0.4, -0.2) is 196 Å². The topological polar surface area (TPSA) is 317 Å². The van der Waals surface area contributed by atoms with Gasteiger partial charge in [0.1, 0.15) is 25.2 Å². The summed E-state index contributed by atoms with van der Waals surface area (Å²) in [5.74, 6) is -3.97. The highest BCUT2D eigenvalue weighted by Gasteiger charge is 2.26. The van der Waals surface area contributed by atoms with Crippen LogP contribution in [0.5, 0.6) is 0 Å². The third-order valence-corrected chi connectivity index (χ3v) is 11.8. The highest BCUT2D eigenvalue weighted by Crippen LogP contribution is 2.29. The number of nitrogens with zero attached hydrogens (tertiary/aromatic N) is 2. The van der Waals surface area contributed by atoms with E-state index in [1.165, 1.54) is 0 Å². The first-order valence-corrected chi connectivity index (χ1v) is 26.8. The van der Waals surface area contributed by atoms with Gasteiger partial charge in [-0.05, 0) is 34.6 Å². The van der Waals surface area contributed by atoms with E-state index in [1.807, 2.05) is 60.7 Å². The van der Waals surface area contributed by atoms with Crippen molar-refractivity contribution in [1.82, 2.24) is 26.2 Å². The van der Waals surface area contributed by atoms with Gasteiger partial charge in [0.25, 0.3) is 0 Å². The molecule has 1 aliphatic heterocycles. The Labute approximate surface area is 463 Å². The lowest BCUT2D eigenvalue weighted by atomic mass is 10.0. The lowest BCUT2D eigenvalue weighted by Crippen LogP contribution is -2.47. The highest BCUT2D eigenvalue weighted by molar-refractivity contribution is 5.99. The zero-order valence-electron chi connectivity index (χ0n) is 46.3. The molecule has 2 atom stereocenters. The van der Waals surface area contributed by atoms with Crippen LogP contribution >= 0.6 is 0 Å². The Hall–Kier alpha value is -6.38. The van der Waals surface area contributed by atoms with Crippen LogP contribution in [0.15, 0.2) is 48.5 Å². The average Bonchev–Trinajstić information content (AvgIpc) is 3.44. The van der Waals surface area contributed by atoms with Gasteiger partial charge in [-0.3, -0.25) is 38.4 Å². The highest BCUT2D eigenvalue weighted by atomic mass is 16.6. The van der Waals surface area contributed by atoms with Crippen LogP contribution in [-0.2, 0) is 82.8 Å². The molecule has 24 heteroatoms. The first kappa shape index (κ1) is 66.9. The predicted molar refractivity (Wildman–Crippen MR) is 293 cm³/mol. The van der Waals surface area contributed by atoms with E-state index in [-0.39, 0.29) is 141 Å². The lowest BCUT2D eigenvalue weighted by Gasteiger charge is -2.27. The van der Waals surface area contributed by atoms with Crippen molar-refractivity contribution in [2.45, 2.75) is 72.0 Å². The number of carbonyl (C=O) groups is 8. The number of ether oxygens (including phenoxy) is 8. The van der Waals surface area contributed by atoms with E-state index in [9.17, 15) is 38.4 Å². The van der Waals surface area contributed by atoms with E-state index in [4.69, 9.17) is 49.4 Å². The maximum atomic E-state index is 13.9. The lowest BCUT2D eigenvalue weighted by molar-refractivity contribution is -0.140. The summed E-state index contributed by atoms with van der Waals surface area (Å²) in [4.78, 5) is 104. The number of para-hydroxylation sites is 1. The number of nitrogens with one attached hydrogen (secondary N) is 4. The number of hydrogen-bond donors (Lipinski definition) is 6. The summed E-state index contributed by atoms with van der Waals surface area (Å²) in [6.07, 6.45) is 3.71. The number of rotatable bonds is 43. The summed E-state index contributed by atoms with van der Waals surface area (Å²) < 4.78 is 43.9. The maximum absolute atomic E-state index is 13.9. The van der Waals surface area contributed by atoms with Gasteiger partial charge in [0.05, 0.1) is 118 Å². The molecule has 1 aliphatic rings. The van der Waals surface area contributed by atoms with E-state index in [0.29, 0.717) is 45.3 Å². The number of benzene rings is 2. The first-order valence-electron chi connectivity index (χ1n) is 26.8. The summed E-state index contributed by atoms with van der Waals surface area (Å²) >= 11 is 0. The Balaban J connectivity index is 1.35. The monoisotopic (exact) mass is 1110 g/mol. The summed E-state index contributed by atoms with van der Waals surface area (Å²) in [5.41, 5.74) is 14.1. The third kappa shape index (κ3) is 28.9. The summed E-state index contributed by atoms with van der Waals surface area (Å²) in [7, 11) is 0. The normalized spacial score (nSPS) is 13.1. The van der Waals surface area contributed by atoms with Crippen molar-refractivity contribution in [1.29, 1.82) is 0 Å². The molecule has 24 nitrogen and oxygen atoms in total. The molecular formula is C55H84N8O16. The van der Waals surface area contributed by atoms with Crippen LogP contribution in [0.25, 0.3) is 12.2 Å². The molecular weight excluding hydrogens is 1030 g/mol. The fourth-order valence-electron chi connectivity index (χ4n) is 7.57. The summed E-state index contributed by atoms with van der Waals surface area (Å²) in [6, 6.07) is 13.8. The fourth-order valence-corrected chi connectivity index (χ4v) is 7.57. The van der Waals surface area contributed by atoms with Gasteiger partial charge in [0.2, 0.25) is 47.3 Å². The molecule has 0 fully saturated rings. The molecule has 2 aromatic carbocycles. The van der Waals surface area contributed by atoms with E-state index < -0.39 is 54.7 Å². The molecule has 0 spiro atoms. The fraction of sp³-hybridized carbons (Fsp3) is 0.600. The van der Waals surface area contributed by atoms with Gasteiger partial charge >= 0.3 is 0 Å². The van der Waals surface area contributed by atoms with Gasteiger partial charge in [-0.15, -0.1) is 0 Å². The molecule has 0 radical (unpaired) electrons. The van der Waals surface area contributed by atoms with Gasteiger partial charge in [-0.25, -0.2) is 0 Å². The molecule has 0 saturated heterocycles. The number of amides is 8. The van der Waals surface area contributed by atoms with Crippen LogP contribution in [0.1, 0.15) is 70.1 Å². The van der Waals surface area contributed by atoms with E-state index in [1.54, 1.807) is 32.6 Å². The Morgan fingerprint density at radius 3 is 1.29 bits per heavy atom. The SMILES string of the molecule is CC(C)[C@H](NC(=O)CCOCCOCCOCCOCCNC(=O)CN(CC(=O)NCCOCCOCCOCCOCCC(=O)N[C@H](C(N)=O)C(C)C)C(=O)CCC(=O)N1Cc2ccccc2/C=C\c2ccccc21)C(N)=O. The standard InChI is InChI=1S/C55H84N8O16/c1-40(2)52(54(56)70)60-46(64)17-21-72-25-29-76-33-35-78-31-27-74-23-19-58-48(66)38-62(50(68)15-16-51(69)63-37-44-11-6-5-9-42(44)13-14-43-10-7-8-12-45(43)63)39-49(67)59-20-24-75-28-32-79-36-34-77-30-26-73-22-18-47(65)61-53(41(3)4)55(57)71/h5-14,40-41,52-53H,15-39H2,1-4H3,(H2,56,70)(H2,57,71)(H,58,66)(H,59,67)(H,60,64)(H,61,65)/b14-13-/t52-,53-/m0/s1. The molecule has 8 amide bonds. The van der Waals surface area contributed by atoms with Gasteiger partial charge in [0.15, 0.2) is 0 Å². The van der Waals surface area contributed by atoms with Gasteiger partial charge in [0, 0.05) is 38.8 Å². The van der Waals surface area contributed by atoms with Gasteiger partial charge in [-0.1, -0.05) is 82.3 Å². The molecule has 0 unspecified atom stereocenters. The molecule has 0 aliphatic carbocycles. The number of nitrogens with two attached hydrogens (primary N) is 2. The minimum Gasteiger partial charge on any atom is -0.379 e. The Morgan fingerprint density at radius 2 is 0.861 bits per heavy atom. The van der Waals surface area contributed by atoms with Crippen molar-refractivity contribution in [3.63, 3.8) is 0 Å². The van der Waals surface area contributed by atoms with Crippen molar-refractivity contribution in [2.75, 3.05) is 137 Å². The number of primary amides is 2. The number of fused-ring (bicyclic) bond motifs is 2. The van der Waals surface area contributed by atoms with Crippen molar-refractivity contribution < 1.29 is 76.3 Å². The zero-order chi connectivity index (χ0) is 57.6. The molecule has 2 aromatic rings. The van der Waals surface area contributed by atoms with Gasteiger partial charge in [-0.2, -0.15) is 0 Å². The average molecular weight is 1110 g/mol. The molecule has 3 rings (SSSR count). The van der Waals surface area contributed by atoms with Crippen LogP contribution in [0.4, 0.5) is 5.69 Å². The van der Waals surface area contributed by atoms with Crippen LogP contribution in [0, 0.1) is 11.8 Å². The number of anilines is 1. The largest absolute Gasteiger partial charge is 0.379 e. The zero-order valence-corrected chi connectivity index (χ0v) is 46.3. The van der Waals surface area contributed by atoms with Crippen molar-refractivity contribution in [2.24, 2.45) is 23.3 Å². The van der Waals surface area contributed by atoms with Crippen molar-refractivity contribution in [3.8, 4) is 0 Å². The summed E-state index contributed by atoms with van der Waals surface area (Å²) in [5, 5.41) is 10.6. The maximum Gasteiger partial charge on any atom is 0.240 e. The van der Waals surface area contributed by atoms with Crippen LogP contribution in [0.2, 0.25) is 0 Å². The molecule has 8 N–H and O–H groups in total. The molecule has 0 saturated carbocycles. The second-order valence-corrected chi connectivity index (χ2v) is 18.8. The van der Waals surface area contributed by atoms with Crippen LogP contribution in [0.3, 0.4) is 0 Å². The second-order valence-electron chi connectivity index (χ2n) is 18.8. The van der Waals surface area contributed by atoms with E-state index >= 15 is 0 Å². The number of carbonyl (C=O) groups excluding carboxylic acids is 8.